The van der Waals surface area contributed by atoms with Gasteiger partial charge in [0.15, 0.2) is 5.78 Å². The number of likely N-dealkylation sites (tertiary alicyclic amines) is 1. The summed E-state index contributed by atoms with van der Waals surface area (Å²) in [4.78, 5) is 44.0. The van der Waals surface area contributed by atoms with Crippen molar-refractivity contribution in [2.24, 2.45) is 5.92 Å². The van der Waals surface area contributed by atoms with Crippen LogP contribution in [0, 0.1) is 12.8 Å². The topological polar surface area (TPSA) is 76.2 Å². The van der Waals surface area contributed by atoms with Gasteiger partial charge in [-0.15, -0.1) is 0 Å². The second-order valence-electron chi connectivity index (χ2n) is 9.60. The van der Waals surface area contributed by atoms with Gasteiger partial charge in [-0.2, -0.15) is 0 Å². The van der Waals surface area contributed by atoms with Gasteiger partial charge in [-0.3, -0.25) is 19.3 Å². The number of unbranched alkanes of at least 4 members (excludes halogenated alkanes) is 1. The molecule has 7 heteroatoms. The number of carbonyl (C=O) groups excluding carboxylic acids is 3. The molecule has 0 aliphatic carbocycles. The fraction of sp³-hybridized carbons (Fsp3) is 0.483. The zero-order valence-electron chi connectivity index (χ0n) is 21.3. The average Bonchev–Trinajstić information content (AvgIpc) is 3.15. The van der Waals surface area contributed by atoms with E-state index in [2.05, 4.69) is 11.8 Å². The molecule has 4 rings (SSSR count). The van der Waals surface area contributed by atoms with Crippen molar-refractivity contribution in [2.75, 3.05) is 46.0 Å². The fourth-order valence-corrected chi connectivity index (χ4v) is 4.91. The Morgan fingerprint density at radius 2 is 1.78 bits per heavy atom. The van der Waals surface area contributed by atoms with Gasteiger partial charge in [0, 0.05) is 31.7 Å². The van der Waals surface area contributed by atoms with Gasteiger partial charge in [-0.25, -0.2) is 0 Å². The highest BCUT2D eigenvalue weighted by atomic mass is 16.5. The number of benzene rings is 2. The van der Waals surface area contributed by atoms with Crippen molar-refractivity contribution in [3.63, 3.8) is 0 Å². The number of nitrogens with zero attached hydrogens (tertiary/aromatic N) is 2. The van der Waals surface area contributed by atoms with Crippen molar-refractivity contribution in [3.8, 4) is 5.75 Å². The number of amides is 1. The van der Waals surface area contributed by atoms with E-state index in [-0.39, 0.29) is 5.78 Å². The molecule has 0 saturated carbocycles. The summed E-state index contributed by atoms with van der Waals surface area (Å²) >= 11 is 0. The molecule has 0 aromatic heterocycles. The Hall–Kier alpha value is -3.03. The lowest BCUT2D eigenvalue weighted by Crippen LogP contribution is -2.39. The monoisotopic (exact) mass is 492 g/mol. The number of hydrogen-bond acceptors (Lipinski definition) is 6. The SMILES string of the molecule is CCCCOc1cccc(C2C(C(=O)c3ccc(C)cc3)C(=O)C(=O)N2CCCN2CCOCC2)c1. The van der Waals surface area contributed by atoms with Gasteiger partial charge in [0.1, 0.15) is 11.7 Å². The van der Waals surface area contributed by atoms with Gasteiger partial charge in [0.2, 0.25) is 5.78 Å². The molecule has 2 aliphatic rings. The fourth-order valence-electron chi connectivity index (χ4n) is 4.91. The van der Waals surface area contributed by atoms with E-state index < -0.39 is 23.7 Å². The highest BCUT2D eigenvalue weighted by Gasteiger charge is 2.51. The molecule has 2 unspecified atom stereocenters. The molecule has 2 aromatic carbocycles. The van der Waals surface area contributed by atoms with E-state index in [1.54, 1.807) is 17.0 Å². The lowest BCUT2D eigenvalue weighted by molar-refractivity contribution is -0.140. The quantitative estimate of drug-likeness (QED) is 0.205. The molecule has 1 amide bonds. The van der Waals surface area contributed by atoms with Crippen molar-refractivity contribution in [2.45, 2.75) is 39.2 Å². The Labute approximate surface area is 213 Å². The maximum absolute atomic E-state index is 13.6. The van der Waals surface area contributed by atoms with Crippen molar-refractivity contribution < 1.29 is 23.9 Å². The summed E-state index contributed by atoms with van der Waals surface area (Å²) in [6.45, 7) is 9.01. The van der Waals surface area contributed by atoms with Gasteiger partial charge in [-0.1, -0.05) is 55.3 Å². The molecule has 0 bridgehead atoms. The first-order chi connectivity index (χ1) is 17.5. The molecule has 192 valence electrons. The van der Waals surface area contributed by atoms with Crippen molar-refractivity contribution in [1.29, 1.82) is 0 Å². The maximum Gasteiger partial charge on any atom is 0.291 e. The molecule has 2 aromatic rings. The Morgan fingerprint density at radius 3 is 2.50 bits per heavy atom. The van der Waals surface area contributed by atoms with Gasteiger partial charge < -0.3 is 14.4 Å². The number of hydrogen-bond donors (Lipinski definition) is 0. The van der Waals surface area contributed by atoms with Gasteiger partial charge in [0.25, 0.3) is 5.91 Å². The van der Waals surface area contributed by atoms with Gasteiger partial charge in [-0.05, 0) is 37.5 Å². The van der Waals surface area contributed by atoms with Crippen LogP contribution >= 0.6 is 0 Å². The third kappa shape index (κ3) is 6.02. The summed E-state index contributed by atoms with van der Waals surface area (Å²) in [6, 6.07) is 14.0. The molecule has 2 atom stereocenters. The van der Waals surface area contributed by atoms with E-state index >= 15 is 0 Å². The Morgan fingerprint density at radius 1 is 1.03 bits per heavy atom. The first-order valence-electron chi connectivity index (χ1n) is 13.0. The molecule has 0 spiro atoms. The van der Waals surface area contributed by atoms with Crippen LogP contribution in [0.3, 0.4) is 0 Å². The number of morpholine rings is 1. The molecule has 36 heavy (non-hydrogen) atoms. The van der Waals surface area contributed by atoms with Crippen LogP contribution in [0.2, 0.25) is 0 Å². The lowest BCUT2D eigenvalue weighted by atomic mass is 9.86. The molecule has 0 radical (unpaired) electrons. The second-order valence-corrected chi connectivity index (χ2v) is 9.60. The summed E-state index contributed by atoms with van der Waals surface area (Å²) in [7, 11) is 0. The molecule has 2 heterocycles. The minimum Gasteiger partial charge on any atom is -0.494 e. The number of rotatable bonds is 11. The molecule has 2 fully saturated rings. The Bertz CT molecular complexity index is 1060. The van der Waals surface area contributed by atoms with Gasteiger partial charge >= 0.3 is 0 Å². The standard InChI is InChI=1S/C29H36N2O5/c1-3-4-17-36-24-8-5-7-23(20-24)26-25(27(32)22-11-9-21(2)10-12-22)28(33)29(34)31(26)14-6-13-30-15-18-35-19-16-30/h5,7-12,20,25-26H,3-4,6,13-19H2,1-2H3. The summed E-state index contributed by atoms with van der Waals surface area (Å²) < 4.78 is 11.3. The van der Waals surface area contributed by atoms with Crippen LogP contribution in [0.15, 0.2) is 48.5 Å². The molecule has 0 N–H and O–H groups in total. The summed E-state index contributed by atoms with van der Waals surface area (Å²) in [5, 5.41) is 0. The van der Waals surface area contributed by atoms with Crippen LogP contribution < -0.4 is 4.74 Å². The zero-order valence-corrected chi connectivity index (χ0v) is 21.3. The van der Waals surface area contributed by atoms with Crippen molar-refractivity contribution >= 4 is 17.5 Å². The van der Waals surface area contributed by atoms with E-state index in [1.165, 1.54) is 0 Å². The van der Waals surface area contributed by atoms with Crippen LogP contribution in [0.1, 0.15) is 53.7 Å². The molecular formula is C29H36N2O5. The van der Waals surface area contributed by atoms with Crippen LogP contribution in [-0.4, -0.2) is 73.3 Å². The number of carbonyl (C=O) groups is 3. The molecule has 7 nitrogen and oxygen atoms in total. The van der Waals surface area contributed by atoms with Crippen LogP contribution in [-0.2, 0) is 14.3 Å². The highest BCUT2D eigenvalue weighted by molar-refractivity contribution is 6.44. The largest absolute Gasteiger partial charge is 0.494 e. The van der Waals surface area contributed by atoms with E-state index in [0.717, 1.165) is 43.6 Å². The summed E-state index contributed by atoms with van der Waals surface area (Å²) in [5.41, 5.74) is 2.22. The minimum atomic E-state index is -1.07. The van der Waals surface area contributed by atoms with Crippen molar-refractivity contribution in [3.05, 3.63) is 65.2 Å². The number of ether oxygens (including phenoxy) is 2. The third-order valence-corrected chi connectivity index (χ3v) is 6.97. The normalized spacial score (nSPS) is 20.7. The van der Waals surface area contributed by atoms with E-state index in [9.17, 15) is 14.4 Å². The Balaban J connectivity index is 1.61. The minimum absolute atomic E-state index is 0.314. The molecule has 2 saturated heterocycles. The number of ketones is 2. The van der Waals surface area contributed by atoms with Crippen LogP contribution in [0.25, 0.3) is 0 Å². The molecule has 2 aliphatic heterocycles. The second kappa shape index (κ2) is 12.3. The predicted molar refractivity (Wildman–Crippen MR) is 137 cm³/mol. The number of aryl methyl sites for hydroxylation is 1. The zero-order chi connectivity index (χ0) is 25.5. The van der Waals surface area contributed by atoms with E-state index in [4.69, 9.17) is 9.47 Å². The Kier molecular flexibility index (Phi) is 8.88. The predicted octanol–water partition coefficient (Wildman–Crippen LogP) is 3.85. The third-order valence-electron chi connectivity index (χ3n) is 6.97. The van der Waals surface area contributed by atoms with Crippen molar-refractivity contribution in [1.82, 2.24) is 9.80 Å². The number of Topliss-reactive ketones (excluding diaryl/α,β-unsaturated/α-hetero) is 2. The molecular weight excluding hydrogens is 456 g/mol. The first kappa shape index (κ1) is 26.0. The maximum atomic E-state index is 13.6. The average molecular weight is 493 g/mol. The van der Waals surface area contributed by atoms with Crippen LogP contribution in [0.4, 0.5) is 0 Å². The van der Waals surface area contributed by atoms with E-state index in [1.807, 2.05) is 43.3 Å². The summed E-state index contributed by atoms with van der Waals surface area (Å²) in [6.07, 6.45) is 2.68. The summed E-state index contributed by atoms with van der Waals surface area (Å²) in [5.74, 6) is -1.91. The van der Waals surface area contributed by atoms with E-state index in [0.29, 0.717) is 44.1 Å². The van der Waals surface area contributed by atoms with Crippen LogP contribution in [0.5, 0.6) is 5.75 Å². The highest BCUT2D eigenvalue weighted by Crippen LogP contribution is 2.39. The van der Waals surface area contributed by atoms with Gasteiger partial charge in [0.05, 0.1) is 25.9 Å². The lowest BCUT2D eigenvalue weighted by Gasteiger charge is -2.30. The first-order valence-corrected chi connectivity index (χ1v) is 13.0. The smallest absolute Gasteiger partial charge is 0.291 e.